The molecule has 0 spiro atoms. The molecule has 0 heterocycles. The molecule has 112 valence electrons. The van der Waals surface area contributed by atoms with Gasteiger partial charge in [-0.05, 0) is 36.5 Å². The molecule has 20 heavy (non-hydrogen) atoms. The van der Waals surface area contributed by atoms with Crippen LogP contribution < -0.4 is 10.6 Å². The van der Waals surface area contributed by atoms with Crippen LogP contribution in [0.25, 0.3) is 0 Å². The molecule has 0 aliphatic rings. The number of hydrogen-bond acceptors (Lipinski definition) is 3. The Morgan fingerprint density at radius 3 is 2.60 bits per heavy atom. The Hall–Kier alpha value is -1.55. The smallest absolute Gasteiger partial charge is 0.251 e. The molecule has 1 aromatic rings. The standard InChI is InChI=1S/C16H26N2O2/c1-12-13(15(20)17-9-6-10-19)7-5-8-14(12)18-11-16(2,3)4/h5,7-8,18-19H,6,9-11H2,1-4H3,(H,17,20). The predicted molar refractivity (Wildman–Crippen MR) is 83.2 cm³/mol. The van der Waals surface area contributed by atoms with Gasteiger partial charge >= 0.3 is 0 Å². The number of aliphatic hydroxyl groups is 1. The number of amides is 1. The molecule has 0 fully saturated rings. The van der Waals surface area contributed by atoms with Crippen LogP contribution in [0.1, 0.15) is 43.1 Å². The van der Waals surface area contributed by atoms with Crippen molar-refractivity contribution in [2.75, 3.05) is 25.0 Å². The van der Waals surface area contributed by atoms with E-state index in [9.17, 15) is 4.79 Å². The number of carbonyl (C=O) groups excluding carboxylic acids is 1. The SMILES string of the molecule is Cc1c(NCC(C)(C)C)cccc1C(=O)NCCCO. The molecule has 0 unspecified atom stereocenters. The Labute approximate surface area is 121 Å². The first-order valence-electron chi connectivity index (χ1n) is 7.08. The quantitative estimate of drug-likeness (QED) is 0.701. The van der Waals surface area contributed by atoms with Crippen LogP contribution in [0.2, 0.25) is 0 Å². The molecule has 0 aliphatic carbocycles. The normalized spacial score (nSPS) is 11.2. The molecule has 3 N–H and O–H groups in total. The third-order valence-corrected chi connectivity index (χ3v) is 3.01. The minimum Gasteiger partial charge on any atom is -0.396 e. The largest absolute Gasteiger partial charge is 0.396 e. The molecule has 4 nitrogen and oxygen atoms in total. The maximum Gasteiger partial charge on any atom is 0.251 e. The van der Waals surface area contributed by atoms with Crippen LogP contribution in [0, 0.1) is 12.3 Å². The fraction of sp³-hybridized carbons (Fsp3) is 0.562. The van der Waals surface area contributed by atoms with Crippen LogP contribution in [0.5, 0.6) is 0 Å². The summed E-state index contributed by atoms with van der Waals surface area (Å²) < 4.78 is 0. The molecule has 0 atom stereocenters. The van der Waals surface area contributed by atoms with E-state index in [1.54, 1.807) is 0 Å². The number of hydrogen-bond donors (Lipinski definition) is 3. The van der Waals surface area contributed by atoms with Crippen molar-refractivity contribution in [1.29, 1.82) is 0 Å². The Kier molecular flexibility index (Phi) is 6.02. The second-order valence-corrected chi connectivity index (χ2v) is 6.23. The second kappa shape index (κ2) is 7.29. The van der Waals surface area contributed by atoms with Gasteiger partial charge in [-0.15, -0.1) is 0 Å². The highest BCUT2D eigenvalue weighted by Gasteiger charge is 2.13. The summed E-state index contributed by atoms with van der Waals surface area (Å²) in [4.78, 5) is 12.1. The van der Waals surface area contributed by atoms with Crippen molar-refractivity contribution in [3.63, 3.8) is 0 Å². The summed E-state index contributed by atoms with van der Waals surface area (Å²) in [7, 11) is 0. The van der Waals surface area contributed by atoms with E-state index >= 15 is 0 Å². The summed E-state index contributed by atoms with van der Waals surface area (Å²) >= 11 is 0. The van der Waals surface area contributed by atoms with Gasteiger partial charge in [0.15, 0.2) is 0 Å². The topological polar surface area (TPSA) is 61.4 Å². The fourth-order valence-corrected chi connectivity index (χ4v) is 1.81. The van der Waals surface area contributed by atoms with E-state index < -0.39 is 0 Å². The third kappa shape index (κ3) is 5.21. The van der Waals surface area contributed by atoms with Crippen molar-refractivity contribution < 1.29 is 9.90 Å². The highest BCUT2D eigenvalue weighted by atomic mass is 16.3. The van der Waals surface area contributed by atoms with Crippen LogP contribution in [0.4, 0.5) is 5.69 Å². The zero-order chi connectivity index (χ0) is 15.2. The van der Waals surface area contributed by atoms with E-state index in [0.29, 0.717) is 18.5 Å². The monoisotopic (exact) mass is 278 g/mol. The van der Waals surface area contributed by atoms with Gasteiger partial charge < -0.3 is 15.7 Å². The first kappa shape index (κ1) is 16.5. The predicted octanol–water partition coefficient (Wildman–Crippen LogP) is 2.57. The molecule has 0 aromatic heterocycles. The molecule has 0 saturated carbocycles. The lowest BCUT2D eigenvalue weighted by molar-refractivity contribution is 0.0950. The lowest BCUT2D eigenvalue weighted by atomic mass is 9.96. The molecule has 0 aliphatic heterocycles. The van der Waals surface area contributed by atoms with E-state index in [1.165, 1.54) is 0 Å². The van der Waals surface area contributed by atoms with Gasteiger partial charge in [0, 0.05) is 30.9 Å². The van der Waals surface area contributed by atoms with Crippen molar-refractivity contribution >= 4 is 11.6 Å². The summed E-state index contributed by atoms with van der Waals surface area (Å²) in [5, 5.41) is 14.9. The van der Waals surface area contributed by atoms with E-state index in [0.717, 1.165) is 17.8 Å². The average molecular weight is 278 g/mol. The van der Waals surface area contributed by atoms with E-state index in [1.807, 2.05) is 25.1 Å². The van der Waals surface area contributed by atoms with Crippen molar-refractivity contribution in [1.82, 2.24) is 5.32 Å². The van der Waals surface area contributed by atoms with Gasteiger partial charge in [0.05, 0.1) is 0 Å². The number of aliphatic hydroxyl groups excluding tert-OH is 1. The Balaban J connectivity index is 2.76. The first-order valence-corrected chi connectivity index (χ1v) is 7.08. The van der Waals surface area contributed by atoms with Gasteiger partial charge in [0.25, 0.3) is 5.91 Å². The Bertz CT molecular complexity index is 450. The van der Waals surface area contributed by atoms with Gasteiger partial charge in [-0.1, -0.05) is 26.8 Å². The Morgan fingerprint density at radius 1 is 1.30 bits per heavy atom. The maximum atomic E-state index is 12.1. The summed E-state index contributed by atoms with van der Waals surface area (Å²) in [6.45, 7) is 9.89. The number of nitrogens with one attached hydrogen (secondary N) is 2. The Morgan fingerprint density at radius 2 is 2.00 bits per heavy atom. The van der Waals surface area contributed by atoms with Crippen LogP contribution in [-0.4, -0.2) is 30.7 Å². The molecule has 0 radical (unpaired) electrons. The number of rotatable bonds is 6. The van der Waals surface area contributed by atoms with Gasteiger partial charge in [0.1, 0.15) is 0 Å². The molecule has 1 rings (SSSR count). The highest BCUT2D eigenvalue weighted by molar-refractivity contribution is 5.97. The van der Waals surface area contributed by atoms with Crippen molar-refractivity contribution in [2.45, 2.75) is 34.1 Å². The van der Waals surface area contributed by atoms with Crippen LogP contribution in [0.15, 0.2) is 18.2 Å². The number of anilines is 1. The van der Waals surface area contributed by atoms with Crippen molar-refractivity contribution in [2.24, 2.45) is 5.41 Å². The number of carbonyl (C=O) groups is 1. The van der Waals surface area contributed by atoms with Crippen LogP contribution in [-0.2, 0) is 0 Å². The zero-order valence-electron chi connectivity index (χ0n) is 12.9. The zero-order valence-corrected chi connectivity index (χ0v) is 12.9. The van der Waals surface area contributed by atoms with Gasteiger partial charge in [-0.3, -0.25) is 4.79 Å². The highest BCUT2D eigenvalue weighted by Crippen LogP contribution is 2.21. The molecule has 1 amide bonds. The summed E-state index contributed by atoms with van der Waals surface area (Å²) in [6.07, 6.45) is 0.576. The first-order chi connectivity index (χ1) is 9.35. The molecule has 4 heteroatoms. The fourth-order valence-electron chi connectivity index (χ4n) is 1.81. The number of benzene rings is 1. The van der Waals surface area contributed by atoms with Crippen molar-refractivity contribution in [3.8, 4) is 0 Å². The molecule has 0 saturated heterocycles. The van der Waals surface area contributed by atoms with Gasteiger partial charge in [0.2, 0.25) is 0 Å². The van der Waals surface area contributed by atoms with E-state index in [-0.39, 0.29) is 17.9 Å². The van der Waals surface area contributed by atoms with Crippen LogP contribution >= 0.6 is 0 Å². The van der Waals surface area contributed by atoms with Gasteiger partial charge in [-0.2, -0.15) is 0 Å². The maximum absolute atomic E-state index is 12.1. The van der Waals surface area contributed by atoms with E-state index in [4.69, 9.17) is 5.11 Å². The third-order valence-electron chi connectivity index (χ3n) is 3.01. The van der Waals surface area contributed by atoms with Crippen molar-refractivity contribution in [3.05, 3.63) is 29.3 Å². The molecule has 0 bridgehead atoms. The molecular weight excluding hydrogens is 252 g/mol. The van der Waals surface area contributed by atoms with Crippen LogP contribution in [0.3, 0.4) is 0 Å². The summed E-state index contributed by atoms with van der Waals surface area (Å²) in [5.41, 5.74) is 2.82. The van der Waals surface area contributed by atoms with Gasteiger partial charge in [-0.25, -0.2) is 0 Å². The molecule has 1 aromatic carbocycles. The average Bonchev–Trinajstić information content (AvgIpc) is 2.36. The minimum atomic E-state index is -0.0876. The second-order valence-electron chi connectivity index (χ2n) is 6.23. The minimum absolute atomic E-state index is 0.0876. The summed E-state index contributed by atoms with van der Waals surface area (Å²) in [6, 6.07) is 5.70. The molecular formula is C16H26N2O2. The lowest BCUT2D eigenvalue weighted by Gasteiger charge is -2.21. The lowest BCUT2D eigenvalue weighted by Crippen LogP contribution is -2.26. The summed E-state index contributed by atoms with van der Waals surface area (Å²) in [5.74, 6) is -0.0876. The van der Waals surface area contributed by atoms with E-state index in [2.05, 4.69) is 31.4 Å².